The van der Waals surface area contributed by atoms with Crippen molar-refractivity contribution in [2.75, 3.05) is 12.4 Å². The van der Waals surface area contributed by atoms with Crippen LogP contribution in [0.15, 0.2) is 40.6 Å². The predicted molar refractivity (Wildman–Crippen MR) is 85.9 cm³/mol. The van der Waals surface area contributed by atoms with Crippen LogP contribution in [0, 0.1) is 6.92 Å². The van der Waals surface area contributed by atoms with E-state index in [-0.39, 0.29) is 6.10 Å². The quantitative estimate of drug-likeness (QED) is 0.522. The van der Waals surface area contributed by atoms with E-state index in [1.165, 1.54) is 5.41 Å². The van der Waals surface area contributed by atoms with E-state index in [1.54, 1.807) is 37.5 Å². The van der Waals surface area contributed by atoms with Crippen LogP contribution in [0.25, 0.3) is 0 Å². The predicted octanol–water partition coefficient (Wildman–Crippen LogP) is 3.86. The van der Waals surface area contributed by atoms with E-state index < -0.39 is 9.84 Å². The van der Waals surface area contributed by atoms with Gasteiger partial charge in [0, 0.05) is 17.8 Å². The molecule has 1 rings (SSSR count). The maximum atomic E-state index is 12.1. The minimum atomic E-state index is -3.38. The summed E-state index contributed by atoms with van der Waals surface area (Å²) < 4.78 is 29.6. The summed E-state index contributed by atoms with van der Waals surface area (Å²) >= 11 is 3.37. The van der Waals surface area contributed by atoms with Crippen molar-refractivity contribution >= 4 is 25.8 Å². The molecule has 0 amide bonds. The number of benzene rings is 1. The van der Waals surface area contributed by atoms with Crippen molar-refractivity contribution < 1.29 is 13.2 Å². The Balaban J connectivity index is 2.73. The molecule has 5 heteroatoms. The molecule has 112 valence electrons. The summed E-state index contributed by atoms with van der Waals surface area (Å²) in [5.74, 6) is 0. The van der Waals surface area contributed by atoms with E-state index in [2.05, 4.69) is 15.9 Å². The summed E-state index contributed by atoms with van der Waals surface area (Å²) in [7, 11) is -1.78. The number of methoxy groups -OCH3 is 1. The van der Waals surface area contributed by atoms with Crippen molar-refractivity contribution in [3.8, 4) is 0 Å². The minimum Gasteiger partial charge on any atom is -0.377 e. The van der Waals surface area contributed by atoms with E-state index in [0.29, 0.717) is 4.90 Å². The van der Waals surface area contributed by atoms with Crippen molar-refractivity contribution in [3.05, 3.63) is 41.3 Å². The van der Waals surface area contributed by atoms with Gasteiger partial charge in [-0.3, -0.25) is 0 Å². The molecule has 0 aliphatic rings. The van der Waals surface area contributed by atoms with E-state index in [1.807, 2.05) is 6.92 Å². The van der Waals surface area contributed by atoms with Gasteiger partial charge in [-0.25, -0.2) is 8.42 Å². The molecule has 1 atom stereocenters. The summed E-state index contributed by atoms with van der Waals surface area (Å²) in [6.45, 7) is 1.93. The van der Waals surface area contributed by atoms with Crippen LogP contribution in [0.1, 0.15) is 24.8 Å². The molecule has 0 aliphatic carbocycles. The molecule has 0 heterocycles. The lowest BCUT2D eigenvalue weighted by Crippen LogP contribution is -2.08. The number of halogens is 1. The number of ether oxygens (including phenoxy) is 1. The van der Waals surface area contributed by atoms with Gasteiger partial charge in [0.25, 0.3) is 0 Å². The zero-order chi connectivity index (χ0) is 15.0. The van der Waals surface area contributed by atoms with E-state index >= 15 is 0 Å². The van der Waals surface area contributed by atoms with Gasteiger partial charge in [0.05, 0.1) is 11.0 Å². The molecule has 0 aromatic heterocycles. The van der Waals surface area contributed by atoms with Crippen LogP contribution < -0.4 is 0 Å². The molecule has 1 unspecified atom stereocenters. The van der Waals surface area contributed by atoms with Gasteiger partial charge in [-0.1, -0.05) is 33.6 Å². The highest BCUT2D eigenvalue weighted by Crippen LogP contribution is 2.15. The van der Waals surface area contributed by atoms with Gasteiger partial charge in [-0.15, -0.1) is 0 Å². The average Bonchev–Trinajstić information content (AvgIpc) is 2.43. The lowest BCUT2D eigenvalue weighted by molar-refractivity contribution is 0.131. The Morgan fingerprint density at radius 1 is 1.25 bits per heavy atom. The zero-order valence-electron chi connectivity index (χ0n) is 11.9. The standard InChI is InChI=1S/C15H21BrO3S/c1-13-6-8-15(9-7-13)20(17,18)12-10-14(19-2)5-3-4-11-16/h6-10,12,14H,3-5,11H2,1-2H3/b12-10+. The Bertz CT molecular complexity index is 521. The first-order valence-corrected chi connectivity index (χ1v) is 9.25. The van der Waals surface area contributed by atoms with E-state index in [4.69, 9.17) is 4.74 Å². The molecule has 0 aliphatic heterocycles. The molecular formula is C15H21BrO3S. The maximum absolute atomic E-state index is 12.1. The molecule has 0 saturated carbocycles. The van der Waals surface area contributed by atoms with Crippen molar-refractivity contribution in [1.82, 2.24) is 0 Å². The fraction of sp³-hybridized carbons (Fsp3) is 0.467. The molecule has 0 radical (unpaired) electrons. The summed E-state index contributed by atoms with van der Waals surface area (Å²) in [5.41, 5.74) is 1.04. The zero-order valence-corrected chi connectivity index (χ0v) is 14.3. The Morgan fingerprint density at radius 3 is 2.45 bits per heavy atom. The Hall–Kier alpha value is -0.650. The monoisotopic (exact) mass is 360 g/mol. The van der Waals surface area contributed by atoms with Crippen LogP contribution >= 0.6 is 15.9 Å². The minimum absolute atomic E-state index is 0.158. The summed E-state index contributed by atoms with van der Waals surface area (Å²) in [6, 6.07) is 6.85. The summed E-state index contributed by atoms with van der Waals surface area (Å²) in [4.78, 5) is 0.315. The number of rotatable bonds is 8. The van der Waals surface area contributed by atoms with Gasteiger partial charge < -0.3 is 4.74 Å². The van der Waals surface area contributed by atoms with Crippen molar-refractivity contribution in [1.29, 1.82) is 0 Å². The van der Waals surface area contributed by atoms with Crippen LogP contribution in [0.4, 0.5) is 0 Å². The number of unbranched alkanes of at least 4 members (excludes halogenated alkanes) is 1. The first-order chi connectivity index (χ1) is 9.49. The molecule has 0 saturated heterocycles. The molecule has 1 aromatic rings. The smallest absolute Gasteiger partial charge is 0.199 e. The molecule has 0 spiro atoms. The third-order valence-corrected chi connectivity index (χ3v) is 5.00. The van der Waals surface area contributed by atoms with Crippen LogP contribution in [0.5, 0.6) is 0 Å². The molecule has 0 fully saturated rings. The SMILES string of the molecule is COC(/C=C/S(=O)(=O)c1ccc(C)cc1)CCCCBr. The average molecular weight is 361 g/mol. The lowest BCUT2D eigenvalue weighted by Gasteiger charge is -2.10. The fourth-order valence-corrected chi connectivity index (χ4v) is 3.18. The molecule has 0 N–H and O–H groups in total. The van der Waals surface area contributed by atoms with Crippen LogP contribution in [0.3, 0.4) is 0 Å². The summed E-state index contributed by atoms with van der Waals surface area (Å²) in [5, 5.41) is 2.20. The highest BCUT2D eigenvalue weighted by atomic mass is 79.9. The second kappa shape index (κ2) is 8.60. The van der Waals surface area contributed by atoms with E-state index in [9.17, 15) is 8.42 Å². The van der Waals surface area contributed by atoms with Crippen LogP contribution in [-0.4, -0.2) is 27.0 Å². The van der Waals surface area contributed by atoms with Crippen molar-refractivity contribution in [2.24, 2.45) is 0 Å². The topological polar surface area (TPSA) is 43.4 Å². The first-order valence-electron chi connectivity index (χ1n) is 6.58. The number of sulfone groups is 1. The number of hydrogen-bond donors (Lipinski definition) is 0. The molecule has 3 nitrogen and oxygen atoms in total. The number of alkyl halides is 1. The Morgan fingerprint density at radius 2 is 1.90 bits per heavy atom. The van der Waals surface area contributed by atoms with Gasteiger partial charge in [-0.2, -0.15) is 0 Å². The van der Waals surface area contributed by atoms with E-state index in [0.717, 1.165) is 30.2 Å². The number of aryl methyl sites for hydroxylation is 1. The normalized spacial score (nSPS) is 13.8. The fourth-order valence-electron chi connectivity index (χ4n) is 1.73. The molecule has 1 aromatic carbocycles. The van der Waals surface area contributed by atoms with Crippen LogP contribution in [-0.2, 0) is 14.6 Å². The molecule has 20 heavy (non-hydrogen) atoms. The Kier molecular flexibility index (Phi) is 7.48. The third-order valence-electron chi connectivity index (χ3n) is 3.00. The van der Waals surface area contributed by atoms with Gasteiger partial charge in [-0.05, 0) is 44.4 Å². The highest BCUT2D eigenvalue weighted by Gasteiger charge is 2.11. The van der Waals surface area contributed by atoms with Gasteiger partial charge in [0.2, 0.25) is 0 Å². The van der Waals surface area contributed by atoms with Crippen LogP contribution in [0.2, 0.25) is 0 Å². The van der Waals surface area contributed by atoms with Gasteiger partial charge >= 0.3 is 0 Å². The largest absolute Gasteiger partial charge is 0.377 e. The lowest BCUT2D eigenvalue weighted by atomic mass is 10.1. The second-order valence-corrected chi connectivity index (χ2v) is 7.27. The first kappa shape index (κ1) is 17.4. The third kappa shape index (κ3) is 5.77. The van der Waals surface area contributed by atoms with Gasteiger partial charge in [0.1, 0.15) is 0 Å². The number of hydrogen-bond acceptors (Lipinski definition) is 3. The maximum Gasteiger partial charge on any atom is 0.199 e. The Labute approximate surface area is 130 Å². The van der Waals surface area contributed by atoms with Crippen molar-refractivity contribution in [2.45, 2.75) is 37.2 Å². The highest BCUT2D eigenvalue weighted by molar-refractivity contribution is 9.09. The van der Waals surface area contributed by atoms with Crippen molar-refractivity contribution in [3.63, 3.8) is 0 Å². The summed E-state index contributed by atoms with van der Waals surface area (Å²) in [6.07, 6.45) is 4.34. The second-order valence-electron chi connectivity index (χ2n) is 4.65. The molecular weight excluding hydrogens is 340 g/mol. The molecule has 0 bridgehead atoms. The van der Waals surface area contributed by atoms with Gasteiger partial charge in [0.15, 0.2) is 9.84 Å².